The van der Waals surface area contributed by atoms with E-state index in [0.29, 0.717) is 6.04 Å². The minimum absolute atomic E-state index is 0. The second-order valence-electron chi connectivity index (χ2n) is 13.3. The molecule has 2 aromatic heterocycles. The number of benzene rings is 3. The first-order valence-electron chi connectivity index (χ1n) is 15.5. The summed E-state index contributed by atoms with van der Waals surface area (Å²) in [6.07, 6.45) is 14.4. The molecule has 1 aliphatic heterocycles. The average Bonchev–Trinajstić information content (AvgIpc) is 3.42. The Morgan fingerprint density at radius 3 is 2.42 bits per heavy atom. The van der Waals surface area contributed by atoms with Crippen LogP contribution in [0.2, 0.25) is 0 Å². The Morgan fingerprint density at radius 1 is 0.884 bits per heavy atom. The molecule has 0 atom stereocenters. The van der Waals surface area contributed by atoms with Gasteiger partial charge in [0.25, 0.3) is 0 Å². The molecule has 2 aliphatic carbocycles. The number of pyridine rings is 1. The van der Waals surface area contributed by atoms with Crippen LogP contribution in [0.1, 0.15) is 89.8 Å². The molecular formula is C38H39IrN3O+. The second kappa shape index (κ2) is 11.7. The van der Waals surface area contributed by atoms with Gasteiger partial charge < -0.3 is 18.9 Å². The van der Waals surface area contributed by atoms with Crippen molar-refractivity contribution < 1.29 is 29.4 Å². The molecule has 0 amide bonds. The predicted octanol–water partition coefficient (Wildman–Crippen LogP) is 9.02. The minimum Gasteiger partial charge on any atom is -0.527 e. The number of ether oxygens (including phenoxy) is 1. The van der Waals surface area contributed by atoms with E-state index in [9.17, 15) is 0 Å². The van der Waals surface area contributed by atoms with Crippen LogP contribution in [0.5, 0.6) is 11.5 Å². The van der Waals surface area contributed by atoms with Gasteiger partial charge >= 0.3 is 20.1 Å². The Hall–Kier alpha value is -3.27. The van der Waals surface area contributed by atoms with Gasteiger partial charge in [-0.15, -0.1) is 47.0 Å². The van der Waals surface area contributed by atoms with Crippen LogP contribution in [-0.4, -0.2) is 9.55 Å². The van der Waals surface area contributed by atoms with Gasteiger partial charge in [0.15, 0.2) is 0 Å². The summed E-state index contributed by atoms with van der Waals surface area (Å²) in [5, 5.41) is 0. The Kier molecular flexibility index (Phi) is 8.08. The van der Waals surface area contributed by atoms with Crippen LogP contribution in [0.3, 0.4) is 0 Å². The molecule has 43 heavy (non-hydrogen) atoms. The number of aromatic nitrogens is 3. The van der Waals surface area contributed by atoms with E-state index in [4.69, 9.17) is 4.74 Å². The van der Waals surface area contributed by atoms with Gasteiger partial charge in [0, 0.05) is 11.9 Å². The topological polar surface area (TPSA) is 30.9 Å². The average molecular weight is 746 g/mol. The molecule has 1 saturated carbocycles. The summed E-state index contributed by atoms with van der Waals surface area (Å²) in [7, 11) is 0. The van der Waals surface area contributed by atoms with Crippen LogP contribution in [-0.2, 0) is 30.9 Å². The number of nitrogens with zero attached hydrogens (tertiary/aromatic N) is 3. The van der Waals surface area contributed by atoms with E-state index in [1.807, 2.05) is 42.5 Å². The molecule has 8 rings (SSSR count). The molecular weight excluding hydrogens is 707 g/mol. The maximum Gasteiger partial charge on any atom is 3.00 e. The van der Waals surface area contributed by atoms with E-state index in [-0.39, 0.29) is 30.9 Å². The van der Waals surface area contributed by atoms with Gasteiger partial charge in [0.05, 0.1) is 17.1 Å². The molecule has 0 unspecified atom stereocenters. The van der Waals surface area contributed by atoms with Gasteiger partial charge in [0.2, 0.25) is 6.33 Å². The van der Waals surface area contributed by atoms with Crippen molar-refractivity contribution in [3.05, 3.63) is 103 Å². The first-order chi connectivity index (χ1) is 20.3. The van der Waals surface area contributed by atoms with E-state index in [1.165, 1.54) is 61.6 Å². The number of hydrogen-bond acceptors (Lipinski definition) is 2. The largest absolute Gasteiger partial charge is 3.00 e. The van der Waals surface area contributed by atoms with Crippen LogP contribution in [0.4, 0.5) is 0 Å². The molecule has 0 saturated heterocycles. The van der Waals surface area contributed by atoms with Crippen LogP contribution < -0.4 is 9.30 Å². The van der Waals surface area contributed by atoms with E-state index < -0.39 is 0 Å². The molecule has 5 aromatic rings. The quantitative estimate of drug-likeness (QED) is 0.131. The van der Waals surface area contributed by atoms with Gasteiger partial charge in [-0.3, -0.25) is 0 Å². The maximum atomic E-state index is 6.69. The molecule has 1 fully saturated rings. The van der Waals surface area contributed by atoms with Gasteiger partial charge in [-0.2, -0.15) is 12.1 Å². The fourth-order valence-electron chi connectivity index (χ4n) is 7.06. The summed E-state index contributed by atoms with van der Waals surface area (Å²) in [6, 6.07) is 29.7. The van der Waals surface area contributed by atoms with Crippen LogP contribution in [0, 0.1) is 18.5 Å². The molecule has 0 bridgehead atoms. The third-order valence-electron chi connectivity index (χ3n) is 9.54. The molecule has 220 valence electrons. The Morgan fingerprint density at radius 2 is 1.67 bits per heavy atom. The third kappa shape index (κ3) is 5.36. The summed E-state index contributed by atoms with van der Waals surface area (Å²) in [4.78, 5) is 4.22. The molecule has 3 heterocycles. The van der Waals surface area contributed by atoms with E-state index in [2.05, 4.69) is 84.5 Å². The fraction of sp³-hybridized carbons (Fsp3) is 0.368. The van der Waals surface area contributed by atoms with Crippen LogP contribution >= 0.6 is 0 Å². The van der Waals surface area contributed by atoms with E-state index in [0.717, 1.165) is 34.0 Å². The van der Waals surface area contributed by atoms with Crippen molar-refractivity contribution >= 4 is 11.0 Å². The molecule has 5 heteroatoms. The van der Waals surface area contributed by atoms with Crippen LogP contribution in [0.15, 0.2) is 72.9 Å². The minimum atomic E-state index is 0. The van der Waals surface area contributed by atoms with Crippen molar-refractivity contribution in [2.75, 3.05) is 0 Å². The van der Waals surface area contributed by atoms with Crippen molar-refractivity contribution in [1.82, 2.24) is 9.55 Å². The first kappa shape index (κ1) is 29.8. The zero-order valence-corrected chi connectivity index (χ0v) is 27.9. The SMILES string of the molecule is CC1(C)CCC(C)(C)c2c1c[c-]c1c2Oc2cccc3c2[n+]-1[c-]n3C1CCCCC1.[Ir+3].[c-]1ccccc1-c1ccccn1. The number of hydrogen-bond donors (Lipinski definition) is 0. The van der Waals surface area contributed by atoms with Crippen molar-refractivity contribution in [3.8, 4) is 28.4 Å². The third-order valence-corrected chi connectivity index (χ3v) is 9.54. The molecule has 0 N–H and O–H groups in total. The molecule has 3 aromatic carbocycles. The number of rotatable bonds is 2. The maximum absolute atomic E-state index is 6.69. The summed E-state index contributed by atoms with van der Waals surface area (Å²) in [6.45, 7) is 9.44. The summed E-state index contributed by atoms with van der Waals surface area (Å²) < 4.78 is 11.3. The molecule has 0 radical (unpaired) electrons. The number of para-hydroxylation sites is 1. The normalized spacial score (nSPS) is 17.9. The number of fused-ring (bicyclic) bond motifs is 4. The first-order valence-corrected chi connectivity index (χ1v) is 15.5. The van der Waals surface area contributed by atoms with Gasteiger partial charge in [-0.05, 0) is 61.0 Å². The second-order valence-corrected chi connectivity index (χ2v) is 13.3. The summed E-state index contributed by atoms with van der Waals surface area (Å²) in [5.74, 6) is 1.94. The van der Waals surface area contributed by atoms with E-state index in [1.54, 1.807) is 6.20 Å². The van der Waals surface area contributed by atoms with Crippen LogP contribution in [0.25, 0.3) is 28.0 Å². The van der Waals surface area contributed by atoms with Crippen molar-refractivity contribution in [2.24, 2.45) is 0 Å². The van der Waals surface area contributed by atoms with Gasteiger partial charge in [-0.1, -0.05) is 70.2 Å². The zero-order chi connectivity index (χ0) is 28.9. The fourth-order valence-corrected chi connectivity index (χ4v) is 7.06. The number of imidazole rings is 1. The predicted molar refractivity (Wildman–Crippen MR) is 167 cm³/mol. The summed E-state index contributed by atoms with van der Waals surface area (Å²) in [5.41, 5.74) is 8.39. The monoisotopic (exact) mass is 746 g/mol. The zero-order valence-electron chi connectivity index (χ0n) is 25.5. The van der Waals surface area contributed by atoms with E-state index >= 15 is 0 Å². The van der Waals surface area contributed by atoms with Crippen molar-refractivity contribution in [1.29, 1.82) is 0 Å². The molecule has 3 aliphatic rings. The van der Waals surface area contributed by atoms with Gasteiger partial charge in [-0.25, -0.2) is 0 Å². The molecule has 0 spiro atoms. The Labute approximate surface area is 269 Å². The Bertz CT molecular complexity index is 1700. The standard InChI is InChI=1S/C27H31N2O.C11H8N.Ir/c1-26(2)15-16-27(3,4)23-19(26)13-14-21-25(23)30-22-12-8-11-20-24(22)29(21)17-28(20)18-9-6-5-7-10-18;1-2-6-10(7-3-1)11-8-4-5-9-12-11;/h8,11-13,18H,5-7,9-10,15-16H2,1-4H3;1-6,8-9H;/q2*-1;+3. The van der Waals surface area contributed by atoms with Crippen molar-refractivity contribution in [3.63, 3.8) is 0 Å². The van der Waals surface area contributed by atoms with Gasteiger partial charge in [0.1, 0.15) is 5.75 Å². The summed E-state index contributed by atoms with van der Waals surface area (Å²) >= 11 is 0. The molecule has 4 nitrogen and oxygen atoms in total. The Balaban J connectivity index is 0.000000213. The smallest absolute Gasteiger partial charge is 0.527 e. The van der Waals surface area contributed by atoms with Crippen molar-refractivity contribution in [2.45, 2.75) is 89.5 Å².